The van der Waals surface area contributed by atoms with Gasteiger partial charge >= 0.3 is 0 Å². The Kier molecular flexibility index (Phi) is 1.96. The van der Waals surface area contributed by atoms with Gasteiger partial charge in [0.2, 0.25) is 0 Å². The Morgan fingerprint density at radius 3 is 3.18 bits per heavy atom. The predicted octanol–water partition coefficient (Wildman–Crippen LogP) is 1.82. The van der Waals surface area contributed by atoms with E-state index in [0.717, 1.165) is 11.5 Å². The summed E-state index contributed by atoms with van der Waals surface area (Å²) in [5.74, 6) is 2.43. The molecule has 2 heterocycles. The fourth-order valence-corrected chi connectivity index (χ4v) is 1.80. The minimum absolute atomic E-state index is 0.112. The summed E-state index contributed by atoms with van der Waals surface area (Å²) in [4.78, 5) is 0. The topological polar surface area (TPSA) is 18.5 Å². The summed E-state index contributed by atoms with van der Waals surface area (Å²) < 4.78 is 10.9. The molecule has 0 fully saturated rings. The van der Waals surface area contributed by atoms with Crippen LogP contribution >= 0.6 is 24.0 Å². The number of rotatable bonds is 1. The number of hydrogen-bond donors (Lipinski definition) is 1. The first-order chi connectivity index (χ1) is 5.40. The number of thiol groups is 1. The van der Waals surface area contributed by atoms with Gasteiger partial charge in [-0.2, -0.15) is 12.6 Å². The number of thiophene rings is 1. The lowest BCUT2D eigenvalue weighted by atomic mass is 10.4. The molecule has 2 nitrogen and oxygen atoms in total. The molecule has 0 N–H and O–H groups in total. The lowest BCUT2D eigenvalue weighted by Gasteiger charge is -2.22. The summed E-state index contributed by atoms with van der Waals surface area (Å²) >= 11 is 5.73. The highest BCUT2D eigenvalue weighted by molar-refractivity contribution is 7.80. The van der Waals surface area contributed by atoms with E-state index in [1.807, 2.05) is 10.8 Å². The fourth-order valence-electron chi connectivity index (χ4n) is 0.951. The third-order valence-electron chi connectivity index (χ3n) is 1.52. The molecule has 1 aliphatic rings. The summed E-state index contributed by atoms with van der Waals surface area (Å²) in [6.07, 6.45) is 0.112. The maximum atomic E-state index is 5.53. The number of fused-ring (bicyclic) bond motifs is 1. The van der Waals surface area contributed by atoms with E-state index in [-0.39, 0.29) is 6.10 Å². The van der Waals surface area contributed by atoms with Crippen molar-refractivity contribution in [2.24, 2.45) is 0 Å². The van der Waals surface area contributed by atoms with Crippen LogP contribution in [0.15, 0.2) is 10.8 Å². The van der Waals surface area contributed by atoms with Crippen LogP contribution in [-0.4, -0.2) is 18.5 Å². The average molecular weight is 188 g/mol. The smallest absolute Gasteiger partial charge is 0.172 e. The highest BCUT2D eigenvalue weighted by Gasteiger charge is 2.19. The third-order valence-corrected chi connectivity index (χ3v) is 2.62. The molecule has 11 heavy (non-hydrogen) atoms. The zero-order chi connectivity index (χ0) is 7.68. The van der Waals surface area contributed by atoms with Crippen molar-refractivity contribution in [3.05, 3.63) is 10.8 Å². The van der Waals surface area contributed by atoms with Crippen LogP contribution in [-0.2, 0) is 0 Å². The Morgan fingerprint density at radius 2 is 2.36 bits per heavy atom. The summed E-state index contributed by atoms with van der Waals surface area (Å²) in [5.41, 5.74) is 0. The van der Waals surface area contributed by atoms with Gasteiger partial charge in [0.05, 0.1) is 0 Å². The largest absolute Gasteiger partial charge is 0.485 e. The second-order valence-electron chi connectivity index (χ2n) is 2.33. The number of hydrogen-bond acceptors (Lipinski definition) is 4. The molecule has 0 amide bonds. The molecule has 0 radical (unpaired) electrons. The van der Waals surface area contributed by atoms with E-state index in [1.54, 1.807) is 11.3 Å². The van der Waals surface area contributed by atoms with E-state index < -0.39 is 0 Å². The predicted molar refractivity (Wildman–Crippen MR) is 48.1 cm³/mol. The van der Waals surface area contributed by atoms with Crippen LogP contribution in [0.1, 0.15) is 0 Å². The zero-order valence-electron chi connectivity index (χ0n) is 5.82. The van der Waals surface area contributed by atoms with Gasteiger partial charge in [-0.3, -0.25) is 0 Å². The molecule has 0 spiro atoms. The standard InChI is InChI=1S/C7H8O2S2/c10-2-5-1-8-6-3-11-4-7(6)9-5/h3-5,10H,1-2H2. The van der Waals surface area contributed by atoms with Gasteiger partial charge in [-0.05, 0) is 0 Å². The quantitative estimate of drug-likeness (QED) is 0.678. The minimum Gasteiger partial charge on any atom is -0.485 e. The molecule has 1 aliphatic heterocycles. The first-order valence-corrected chi connectivity index (χ1v) is 4.94. The Bertz CT molecular complexity index is 246. The van der Waals surface area contributed by atoms with E-state index in [1.165, 1.54) is 0 Å². The van der Waals surface area contributed by atoms with Crippen molar-refractivity contribution in [2.45, 2.75) is 6.10 Å². The number of ether oxygens (including phenoxy) is 2. The highest BCUT2D eigenvalue weighted by atomic mass is 32.1. The monoisotopic (exact) mass is 188 g/mol. The van der Waals surface area contributed by atoms with Crippen molar-refractivity contribution in [2.75, 3.05) is 12.4 Å². The molecule has 0 bridgehead atoms. The van der Waals surface area contributed by atoms with Crippen molar-refractivity contribution in [1.29, 1.82) is 0 Å². The van der Waals surface area contributed by atoms with Crippen LogP contribution in [0.3, 0.4) is 0 Å². The molecule has 0 aliphatic carbocycles. The highest BCUT2D eigenvalue weighted by Crippen LogP contribution is 2.35. The van der Waals surface area contributed by atoms with Gasteiger partial charge in [0, 0.05) is 16.5 Å². The van der Waals surface area contributed by atoms with Gasteiger partial charge in [0.1, 0.15) is 12.7 Å². The van der Waals surface area contributed by atoms with Crippen LogP contribution in [0, 0.1) is 0 Å². The van der Waals surface area contributed by atoms with Gasteiger partial charge < -0.3 is 9.47 Å². The average Bonchev–Trinajstić information content (AvgIpc) is 2.50. The summed E-state index contributed by atoms with van der Waals surface area (Å²) in [6, 6.07) is 0. The van der Waals surface area contributed by atoms with Crippen molar-refractivity contribution in [3.63, 3.8) is 0 Å². The van der Waals surface area contributed by atoms with Crippen molar-refractivity contribution in [3.8, 4) is 11.5 Å². The van der Waals surface area contributed by atoms with Crippen LogP contribution < -0.4 is 9.47 Å². The van der Waals surface area contributed by atoms with E-state index in [2.05, 4.69) is 12.6 Å². The summed E-state index contributed by atoms with van der Waals surface area (Å²) in [5, 5.41) is 3.90. The van der Waals surface area contributed by atoms with Gasteiger partial charge in [0.25, 0.3) is 0 Å². The lowest BCUT2D eigenvalue weighted by Crippen LogP contribution is -2.29. The molecule has 4 heteroatoms. The SMILES string of the molecule is SCC1COc2cscc2O1. The second kappa shape index (κ2) is 2.95. The first-order valence-electron chi connectivity index (χ1n) is 3.36. The Labute approximate surface area is 74.5 Å². The van der Waals surface area contributed by atoms with Crippen LogP contribution in [0.2, 0.25) is 0 Å². The van der Waals surface area contributed by atoms with E-state index in [9.17, 15) is 0 Å². The third kappa shape index (κ3) is 1.32. The molecule has 0 saturated carbocycles. The van der Waals surface area contributed by atoms with E-state index >= 15 is 0 Å². The molecule has 1 unspecified atom stereocenters. The van der Waals surface area contributed by atoms with Crippen molar-refractivity contribution < 1.29 is 9.47 Å². The van der Waals surface area contributed by atoms with Crippen LogP contribution in [0.5, 0.6) is 11.5 Å². The molecule has 2 rings (SSSR count). The van der Waals surface area contributed by atoms with Crippen molar-refractivity contribution >= 4 is 24.0 Å². The molecule has 1 aromatic rings. The first kappa shape index (κ1) is 7.31. The van der Waals surface area contributed by atoms with Gasteiger partial charge in [-0.1, -0.05) is 0 Å². The Hall–Kier alpha value is -0.350. The molecular weight excluding hydrogens is 180 g/mol. The summed E-state index contributed by atoms with van der Waals surface area (Å²) in [7, 11) is 0. The molecule has 1 atom stereocenters. The fraction of sp³-hybridized carbons (Fsp3) is 0.429. The van der Waals surface area contributed by atoms with Crippen LogP contribution in [0.25, 0.3) is 0 Å². The van der Waals surface area contributed by atoms with Gasteiger partial charge in [-0.25, -0.2) is 0 Å². The maximum Gasteiger partial charge on any atom is 0.172 e. The minimum atomic E-state index is 0.112. The van der Waals surface area contributed by atoms with E-state index in [0.29, 0.717) is 12.4 Å². The molecule has 0 saturated heterocycles. The molecular formula is C7H8O2S2. The van der Waals surface area contributed by atoms with Gasteiger partial charge in [0.15, 0.2) is 11.5 Å². The lowest BCUT2D eigenvalue weighted by molar-refractivity contribution is 0.109. The maximum absolute atomic E-state index is 5.53. The Balaban J connectivity index is 2.18. The molecule has 0 aromatic carbocycles. The Morgan fingerprint density at radius 1 is 1.55 bits per heavy atom. The normalized spacial score (nSPS) is 21.7. The molecule has 1 aromatic heterocycles. The van der Waals surface area contributed by atoms with E-state index in [4.69, 9.17) is 9.47 Å². The zero-order valence-corrected chi connectivity index (χ0v) is 7.53. The second-order valence-corrected chi connectivity index (χ2v) is 3.44. The summed E-state index contributed by atoms with van der Waals surface area (Å²) in [6.45, 7) is 0.618. The molecule has 60 valence electrons. The van der Waals surface area contributed by atoms with Crippen molar-refractivity contribution in [1.82, 2.24) is 0 Å². The van der Waals surface area contributed by atoms with Gasteiger partial charge in [-0.15, -0.1) is 11.3 Å². The van der Waals surface area contributed by atoms with Crippen LogP contribution in [0.4, 0.5) is 0 Å².